The zero-order valence-electron chi connectivity index (χ0n) is 66.5. The summed E-state index contributed by atoms with van der Waals surface area (Å²) in [7, 11) is 0. The van der Waals surface area contributed by atoms with Crippen LogP contribution in [0.15, 0.2) is 89.1 Å². The number of alkyl halides is 3. The van der Waals surface area contributed by atoms with Crippen molar-refractivity contribution in [1.29, 1.82) is 0 Å². The van der Waals surface area contributed by atoms with Gasteiger partial charge >= 0.3 is 40.4 Å². The Morgan fingerprint density at radius 2 is 0.606 bits per heavy atom. The number of rotatable bonds is 6. The Morgan fingerprint density at radius 3 is 0.909 bits per heavy atom. The standard InChI is InChI=1S/3C21H24FN9O9P2S2/c3*22-13-11-5-36-41(33,43)39-9-3-12(30-6-26-14-8(23)1-2-25-17(14)30)37-10(9)4-35-42(34,44)40-16(13)20(38-11)31-7-27-15-18(31)28-21(24)29-19(15)32/h3*1-2,6-7,9-13,16,20H,3-5H2,(H2,23,25)(H,33,43)(H,34,44)(H3,24,28,29,32)/t3*9-,10+,11+,12+,13+,16+,20+,41?,42?/m000/s1. The van der Waals surface area contributed by atoms with Crippen LogP contribution < -0.4 is 51.1 Å². The van der Waals surface area contributed by atoms with E-state index in [0.29, 0.717) is 50.6 Å². The van der Waals surface area contributed by atoms with Gasteiger partial charge < -0.3 is 123 Å². The zero-order valence-corrected chi connectivity index (χ0v) is 76.8. The summed E-state index contributed by atoms with van der Waals surface area (Å²) in [6.45, 7) is -27.8. The van der Waals surface area contributed by atoms with Gasteiger partial charge in [-0.25, -0.2) is 62.6 Å². The van der Waals surface area contributed by atoms with E-state index in [9.17, 15) is 43.4 Å². The van der Waals surface area contributed by atoms with E-state index in [0.717, 1.165) is 6.33 Å². The summed E-state index contributed by atoms with van der Waals surface area (Å²) < 4.78 is 173. The van der Waals surface area contributed by atoms with Crippen molar-refractivity contribution >= 4 is 214 Å². The number of imidazole rings is 6. The van der Waals surface area contributed by atoms with Gasteiger partial charge in [0.05, 0.1) is 113 Å². The fourth-order valence-electron chi connectivity index (χ4n) is 15.9. The van der Waals surface area contributed by atoms with Crippen molar-refractivity contribution in [2.45, 2.75) is 148 Å². The molecule has 27 atom stereocenters. The summed E-state index contributed by atoms with van der Waals surface area (Å²) in [5, 5.41) is 0. The van der Waals surface area contributed by atoms with Gasteiger partial charge in [-0.05, 0) is 77.2 Å². The Labute approximate surface area is 764 Å². The number of ether oxygens (including phenoxy) is 6. The van der Waals surface area contributed by atoms with Crippen molar-refractivity contribution in [3.63, 3.8) is 0 Å². The zero-order chi connectivity index (χ0) is 92.9. The van der Waals surface area contributed by atoms with E-state index in [1.54, 1.807) is 31.9 Å². The highest BCUT2D eigenvalue weighted by atomic mass is 32.7. The molecule has 0 aromatic carbocycles. The molecule has 0 spiro atoms. The van der Waals surface area contributed by atoms with Gasteiger partial charge in [0, 0.05) is 37.9 Å². The lowest BCUT2D eigenvalue weighted by molar-refractivity contribution is -0.0597. The fraction of sp³-hybridized carbons (Fsp3) is 0.476. The highest BCUT2D eigenvalue weighted by molar-refractivity contribution is 8.44. The number of aromatic amines is 3. The van der Waals surface area contributed by atoms with Crippen molar-refractivity contribution in [3.05, 3.63) is 106 Å². The second kappa shape index (κ2) is 36.1. The molecule has 708 valence electrons. The molecule has 20 N–H and O–H groups in total. The molecule has 9 fully saturated rings. The summed E-state index contributed by atoms with van der Waals surface area (Å²) in [5.74, 6) is -0.675. The number of fused-ring (bicyclic) bond motifs is 15. The first-order chi connectivity index (χ1) is 62.7. The second-order valence-corrected chi connectivity index (χ2v) is 47.2. The molecular weight excluding hydrogens is 2000 g/mol. The molecule has 0 radical (unpaired) electrons. The molecule has 9 aliphatic heterocycles. The van der Waals surface area contributed by atoms with Crippen LogP contribution in [0.25, 0.3) is 67.0 Å². The van der Waals surface area contributed by atoms with Crippen molar-refractivity contribution < 1.29 is 125 Å². The van der Waals surface area contributed by atoms with E-state index in [4.69, 9.17) is 176 Å². The summed E-state index contributed by atoms with van der Waals surface area (Å²) in [4.78, 5) is 149. The maximum atomic E-state index is 15.8. The van der Waals surface area contributed by atoms with Crippen LogP contribution in [-0.2, 0) is 146 Å². The highest BCUT2D eigenvalue weighted by Gasteiger charge is 2.57. The molecule has 9 aliphatic rings. The minimum absolute atomic E-state index is 0.0426. The van der Waals surface area contributed by atoms with Crippen molar-refractivity contribution in [3.8, 4) is 0 Å². The smallest absolute Gasteiger partial charge is 0.386 e. The van der Waals surface area contributed by atoms with Gasteiger partial charge in [0.25, 0.3) is 16.7 Å². The van der Waals surface area contributed by atoms with Crippen molar-refractivity contribution in [2.75, 3.05) is 74.0 Å². The van der Waals surface area contributed by atoms with Crippen LogP contribution in [0.5, 0.6) is 0 Å². The Kier molecular flexibility index (Phi) is 25.5. The molecule has 0 amide bonds. The Bertz CT molecular complexity index is 6380. The molecule has 54 nitrogen and oxygen atoms in total. The van der Waals surface area contributed by atoms with E-state index in [1.165, 1.54) is 63.9 Å². The molecule has 132 heavy (non-hydrogen) atoms. The molecular formula is C63H72F3N27O27P6S6. The lowest BCUT2D eigenvalue weighted by Crippen LogP contribution is -2.32. The van der Waals surface area contributed by atoms with E-state index in [1.807, 2.05) is 0 Å². The topological polar surface area (TPSA) is 723 Å². The summed E-state index contributed by atoms with van der Waals surface area (Å²) >= 11 is 30.3. The van der Waals surface area contributed by atoms with Crippen LogP contribution in [0.3, 0.4) is 0 Å². The van der Waals surface area contributed by atoms with Crippen LogP contribution in [0.2, 0.25) is 0 Å². The van der Waals surface area contributed by atoms with Crippen LogP contribution in [0.4, 0.5) is 48.1 Å². The monoisotopic (exact) mass is 2070 g/mol. The molecule has 0 aliphatic carbocycles. The Hall–Kier alpha value is -7.59. The Balaban J connectivity index is 0.000000128. The number of halogens is 3. The third kappa shape index (κ3) is 18.7. The summed E-state index contributed by atoms with van der Waals surface area (Å²) in [6.07, 6.45) is -14.0. The number of aromatic nitrogens is 21. The highest BCUT2D eigenvalue weighted by Crippen LogP contribution is 2.61. The number of pyridine rings is 3. The number of H-pyrrole nitrogens is 3. The van der Waals surface area contributed by atoms with Crippen LogP contribution in [-0.4, -0.2) is 258 Å². The number of hydrogen-bond acceptors (Lipinski definition) is 45. The largest absolute Gasteiger partial charge is 0.397 e. The van der Waals surface area contributed by atoms with E-state index in [2.05, 4.69) is 87.0 Å². The number of anilines is 6. The molecule has 12 aromatic heterocycles. The normalized spacial score (nSPS) is 36.6. The summed E-state index contributed by atoms with van der Waals surface area (Å²) in [6, 6.07) is 4.83. The molecule has 21 rings (SSSR count). The van der Waals surface area contributed by atoms with Crippen molar-refractivity contribution in [1.82, 2.24) is 102 Å². The maximum absolute atomic E-state index is 15.8. The van der Waals surface area contributed by atoms with Gasteiger partial charge in [-0.15, -0.1) is 0 Å². The lowest BCUT2D eigenvalue weighted by Gasteiger charge is -2.27. The number of nitrogens with zero attached hydrogens (tertiary/aromatic N) is 18. The minimum atomic E-state index is -4.34. The Morgan fingerprint density at radius 1 is 0.348 bits per heavy atom. The van der Waals surface area contributed by atoms with Crippen LogP contribution in [0, 0.1) is 0 Å². The quantitative estimate of drug-likeness (QED) is 0.0839. The first kappa shape index (κ1) is 93.4. The summed E-state index contributed by atoms with van der Waals surface area (Å²) in [5.41, 5.74) is 36.7. The fourth-order valence-corrected chi connectivity index (χ4v) is 24.6. The SMILES string of the molecule is Nc1nc2c(ncn2[C@@H]2O[C@@H]3COP(O)(=S)O[C@H]4C[C@H](n5cnc6c(N)ccnc65)O[C@@H]4COP(=O)(S)O[C@@H]2[C@@H]3F)c(=O)[nH]1.Nc1nc2c(ncn2[C@@H]2O[C@@H]3COP(O)(=S)O[C@H]4C[C@H](n5cnc6c(N)ccnc65)O[C@@H]4COP(O)(=S)O[C@@H]2[C@@H]3F)c(=O)[nH]1.Nc1nc2c(ncn2[C@@H]2O[C@@H]3COP(O)(=S)O[C@H]4C[C@H](n5cnc6c(N)ccnc65)O[C@@H]4COP(O)(=S)O[C@@H]2[C@@H]3F)c(=O)[nH]1. The molecule has 69 heteroatoms. The van der Waals surface area contributed by atoms with Crippen molar-refractivity contribution in [2.24, 2.45) is 0 Å². The average molecular weight is 2070 g/mol. The lowest BCUT2D eigenvalue weighted by atomic mass is 10.1. The average Bonchev–Trinajstić information content (AvgIpc) is 1.61. The second-order valence-electron chi connectivity index (χ2n) is 30.3. The van der Waals surface area contributed by atoms with E-state index in [-0.39, 0.29) is 70.6 Å². The van der Waals surface area contributed by atoms with Gasteiger partial charge in [-0.2, -0.15) is 15.0 Å². The first-order valence-corrected chi connectivity index (χ1v) is 54.5. The molecule has 12 aromatic rings. The van der Waals surface area contributed by atoms with E-state index >= 15 is 13.2 Å². The molecule has 6 bridgehead atoms. The predicted octanol–water partition coefficient (Wildman–Crippen LogP) is 2.33. The molecule has 0 saturated carbocycles. The number of nitrogens with one attached hydrogen (secondary N) is 3. The van der Waals surface area contributed by atoms with E-state index < -0.39 is 226 Å². The van der Waals surface area contributed by atoms with Crippen LogP contribution >= 0.6 is 52.6 Å². The van der Waals surface area contributed by atoms with Gasteiger partial charge in [0.2, 0.25) is 17.8 Å². The predicted molar refractivity (Wildman–Crippen MR) is 470 cm³/mol. The van der Waals surface area contributed by atoms with Gasteiger partial charge in [0.1, 0.15) is 90.2 Å². The van der Waals surface area contributed by atoms with Gasteiger partial charge in [-0.3, -0.25) is 74.8 Å². The number of thiol groups is 1. The van der Waals surface area contributed by atoms with Gasteiger partial charge in [0.15, 0.2) is 87.6 Å². The number of hydrogen-bond donors (Lipinski definition) is 15. The molecule has 6 unspecified atom stereocenters. The third-order valence-corrected chi connectivity index (χ3v) is 31.4. The van der Waals surface area contributed by atoms with Crippen LogP contribution in [0.1, 0.15) is 56.6 Å². The first-order valence-electron chi connectivity index (χ1n) is 38.8. The minimum Gasteiger partial charge on any atom is -0.397 e. The molecule has 9 saturated heterocycles. The third-order valence-electron chi connectivity index (χ3n) is 21.9. The molecule has 21 heterocycles. The number of nitrogen functional groups attached to an aromatic ring is 6. The number of nitrogens with two attached hydrogens (primary N) is 6. The van der Waals surface area contributed by atoms with Gasteiger partial charge in [-0.1, -0.05) is 12.2 Å². The maximum Gasteiger partial charge on any atom is 0.386 e.